The Morgan fingerprint density at radius 1 is 1.17 bits per heavy atom. The van der Waals surface area contributed by atoms with Crippen molar-refractivity contribution in [2.45, 2.75) is 44.4 Å². The minimum Gasteiger partial charge on any atom is -0.462 e. The molecule has 2 aromatic rings. The van der Waals surface area contributed by atoms with Crippen LogP contribution in [0.25, 0.3) is 0 Å². The molecule has 1 heterocycles. The number of nitrogens with one attached hydrogen (secondary N) is 1. The van der Waals surface area contributed by atoms with Gasteiger partial charge in [0.15, 0.2) is 0 Å². The van der Waals surface area contributed by atoms with Crippen molar-refractivity contribution >= 4 is 28.4 Å². The van der Waals surface area contributed by atoms with E-state index in [0.29, 0.717) is 22.6 Å². The molecule has 1 aliphatic rings. The van der Waals surface area contributed by atoms with Crippen LogP contribution in [-0.2, 0) is 25.7 Å². The van der Waals surface area contributed by atoms with E-state index in [-0.39, 0.29) is 17.9 Å². The molecule has 6 heteroatoms. The van der Waals surface area contributed by atoms with E-state index >= 15 is 0 Å². The lowest BCUT2D eigenvalue weighted by Gasteiger charge is -2.31. The Morgan fingerprint density at radius 3 is 2.63 bits per heavy atom. The van der Waals surface area contributed by atoms with Crippen LogP contribution in [-0.4, -0.2) is 28.4 Å². The first kappa shape index (κ1) is 21.8. The van der Waals surface area contributed by atoms with E-state index in [1.807, 2.05) is 18.2 Å². The Bertz CT molecular complexity index is 1090. The van der Waals surface area contributed by atoms with Crippen molar-refractivity contribution in [2.75, 3.05) is 17.7 Å². The first-order valence-electron chi connectivity index (χ1n) is 9.85. The number of hydrogen-bond acceptors (Lipinski definition) is 4. The SMILES string of the molecule is CCOC(=O)c1ccc(C#Cc2ccc3c(c2)C(C)(C)CCS3=O)c(NC(C)=O)c1. The number of carbonyl (C=O) groups excluding carboxylic acids is 2. The highest BCUT2D eigenvalue weighted by molar-refractivity contribution is 7.85. The van der Waals surface area contributed by atoms with Gasteiger partial charge in [-0.3, -0.25) is 9.00 Å². The fourth-order valence-electron chi connectivity index (χ4n) is 3.35. The summed E-state index contributed by atoms with van der Waals surface area (Å²) in [5, 5.41) is 2.73. The number of esters is 1. The van der Waals surface area contributed by atoms with E-state index in [2.05, 4.69) is 31.0 Å². The average molecular weight is 424 g/mol. The second kappa shape index (κ2) is 8.85. The molecule has 1 unspecified atom stereocenters. The van der Waals surface area contributed by atoms with E-state index in [4.69, 9.17) is 4.74 Å². The van der Waals surface area contributed by atoms with Crippen LogP contribution < -0.4 is 5.32 Å². The van der Waals surface area contributed by atoms with E-state index < -0.39 is 16.8 Å². The topological polar surface area (TPSA) is 72.5 Å². The molecular formula is C24H25NO4S. The molecule has 0 saturated heterocycles. The number of rotatable bonds is 3. The Balaban J connectivity index is 1.98. The zero-order valence-corrected chi connectivity index (χ0v) is 18.4. The van der Waals surface area contributed by atoms with Gasteiger partial charge in [0.1, 0.15) is 0 Å². The molecule has 0 bridgehead atoms. The lowest BCUT2D eigenvalue weighted by molar-refractivity contribution is -0.114. The summed E-state index contributed by atoms with van der Waals surface area (Å²) in [5.74, 6) is 6.20. The highest BCUT2D eigenvalue weighted by Gasteiger charge is 2.31. The molecule has 5 nitrogen and oxygen atoms in total. The highest BCUT2D eigenvalue weighted by Crippen LogP contribution is 2.37. The van der Waals surface area contributed by atoms with Crippen LogP contribution in [0.1, 0.15) is 61.2 Å². The summed E-state index contributed by atoms with van der Waals surface area (Å²) in [5.41, 5.74) is 3.23. The summed E-state index contributed by atoms with van der Waals surface area (Å²) in [6.45, 7) is 7.72. The molecule has 0 aromatic heterocycles. The van der Waals surface area contributed by atoms with Gasteiger partial charge < -0.3 is 10.1 Å². The number of carbonyl (C=O) groups is 2. The minimum absolute atomic E-state index is 0.0520. The Kier molecular flexibility index (Phi) is 6.42. The number of hydrogen-bond donors (Lipinski definition) is 1. The molecule has 30 heavy (non-hydrogen) atoms. The van der Waals surface area contributed by atoms with Crippen LogP contribution in [0.15, 0.2) is 41.3 Å². The van der Waals surface area contributed by atoms with Gasteiger partial charge in [-0.1, -0.05) is 25.7 Å². The van der Waals surface area contributed by atoms with Crippen molar-refractivity contribution < 1.29 is 18.5 Å². The van der Waals surface area contributed by atoms with Crippen molar-refractivity contribution in [1.29, 1.82) is 0 Å². The van der Waals surface area contributed by atoms with Gasteiger partial charge in [0.2, 0.25) is 5.91 Å². The maximum Gasteiger partial charge on any atom is 0.338 e. The zero-order chi connectivity index (χ0) is 21.9. The van der Waals surface area contributed by atoms with Gasteiger partial charge in [-0.25, -0.2) is 4.79 Å². The first-order valence-corrected chi connectivity index (χ1v) is 11.2. The van der Waals surface area contributed by atoms with Crippen LogP contribution in [0.4, 0.5) is 5.69 Å². The number of anilines is 1. The number of ether oxygens (including phenoxy) is 1. The van der Waals surface area contributed by atoms with Gasteiger partial charge in [-0.05, 0) is 60.7 Å². The standard InChI is InChI=1S/C24H25NO4S/c1-5-29-23(27)19-10-9-18(21(15-19)25-16(2)26)8-6-17-7-11-22-20(14-17)24(3,4)12-13-30(22)28/h7,9-11,14-15H,5,12-13H2,1-4H3,(H,25,26). The number of fused-ring (bicyclic) bond motifs is 1. The molecule has 0 saturated carbocycles. The van der Waals surface area contributed by atoms with E-state index in [9.17, 15) is 13.8 Å². The second-order valence-corrected chi connectivity index (χ2v) is 9.35. The lowest BCUT2D eigenvalue weighted by Crippen LogP contribution is -2.27. The van der Waals surface area contributed by atoms with E-state index in [1.54, 1.807) is 25.1 Å². The normalized spacial score (nSPS) is 16.6. The predicted molar refractivity (Wildman–Crippen MR) is 118 cm³/mol. The fourth-order valence-corrected chi connectivity index (χ4v) is 5.07. The molecule has 0 spiro atoms. The van der Waals surface area contributed by atoms with Gasteiger partial charge in [0.25, 0.3) is 0 Å². The van der Waals surface area contributed by atoms with Crippen molar-refractivity contribution in [2.24, 2.45) is 0 Å². The molecule has 3 rings (SSSR count). The third kappa shape index (κ3) is 4.80. The second-order valence-electron chi connectivity index (χ2n) is 7.81. The van der Waals surface area contributed by atoms with E-state index in [0.717, 1.165) is 22.4 Å². The number of amides is 1. The molecule has 156 valence electrons. The Hall–Kier alpha value is -2.91. The smallest absolute Gasteiger partial charge is 0.338 e. The maximum absolute atomic E-state index is 12.3. The number of benzene rings is 2. The van der Waals surface area contributed by atoms with Crippen LogP contribution in [0.5, 0.6) is 0 Å². The van der Waals surface area contributed by atoms with Gasteiger partial charge >= 0.3 is 5.97 Å². The van der Waals surface area contributed by atoms with Crippen molar-refractivity contribution in [3.63, 3.8) is 0 Å². The molecule has 1 N–H and O–H groups in total. The monoisotopic (exact) mass is 423 g/mol. The molecule has 2 aromatic carbocycles. The van der Waals surface area contributed by atoms with Gasteiger partial charge in [-0.2, -0.15) is 0 Å². The maximum atomic E-state index is 12.3. The molecule has 1 atom stereocenters. The Labute approximate surface area is 179 Å². The predicted octanol–water partition coefficient (Wildman–Crippen LogP) is 4.01. The molecule has 1 aliphatic heterocycles. The summed E-state index contributed by atoms with van der Waals surface area (Å²) < 4.78 is 17.4. The summed E-state index contributed by atoms with van der Waals surface area (Å²) in [6.07, 6.45) is 0.867. The summed E-state index contributed by atoms with van der Waals surface area (Å²) in [6, 6.07) is 10.7. The Morgan fingerprint density at radius 2 is 1.93 bits per heavy atom. The van der Waals surface area contributed by atoms with E-state index in [1.165, 1.54) is 6.92 Å². The highest BCUT2D eigenvalue weighted by atomic mass is 32.2. The van der Waals surface area contributed by atoms with Crippen LogP contribution in [0.2, 0.25) is 0 Å². The third-order valence-corrected chi connectivity index (χ3v) is 6.47. The summed E-state index contributed by atoms with van der Waals surface area (Å²) in [7, 11) is -0.969. The lowest BCUT2D eigenvalue weighted by atomic mass is 9.81. The average Bonchev–Trinajstić information content (AvgIpc) is 2.70. The third-order valence-electron chi connectivity index (χ3n) is 5.05. The van der Waals surface area contributed by atoms with Gasteiger partial charge in [-0.15, -0.1) is 0 Å². The summed E-state index contributed by atoms with van der Waals surface area (Å²) >= 11 is 0. The zero-order valence-electron chi connectivity index (χ0n) is 17.6. The minimum atomic E-state index is -0.969. The van der Waals surface area contributed by atoms with Crippen LogP contribution in [0, 0.1) is 11.8 Å². The van der Waals surface area contributed by atoms with Crippen molar-refractivity contribution in [3.05, 3.63) is 58.7 Å². The first-order chi connectivity index (χ1) is 14.2. The fraction of sp³-hybridized carbons (Fsp3) is 0.333. The van der Waals surface area contributed by atoms with Crippen molar-refractivity contribution in [1.82, 2.24) is 0 Å². The molecule has 0 aliphatic carbocycles. The van der Waals surface area contributed by atoms with Gasteiger partial charge in [0.05, 0.1) is 28.7 Å². The van der Waals surface area contributed by atoms with Crippen molar-refractivity contribution in [3.8, 4) is 11.8 Å². The van der Waals surface area contributed by atoms with Crippen LogP contribution >= 0.6 is 0 Å². The molecule has 1 amide bonds. The van der Waals surface area contributed by atoms with Crippen LogP contribution in [0.3, 0.4) is 0 Å². The molecule has 0 fully saturated rings. The quantitative estimate of drug-likeness (QED) is 0.598. The molecular weight excluding hydrogens is 398 g/mol. The molecule has 0 radical (unpaired) electrons. The summed E-state index contributed by atoms with van der Waals surface area (Å²) in [4.78, 5) is 24.5. The largest absolute Gasteiger partial charge is 0.462 e. The van der Waals surface area contributed by atoms with Gasteiger partial charge in [0, 0.05) is 28.7 Å².